The lowest BCUT2D eigenvalue weighted by atomic mass is 9.97. The van der Waals surface area contributed by atoms with Crippen molar-refractivity contribution in [1.82, 2.24) is 15.0 Å². The van der Waals surface area contributed by atoms with Gasteiger partial charge in [-0.05, 0) is 24.6 Å². The highest BCUT2D eigenvalue weighted by molar-refractivity contribution is 5.41. The van der Waals surface area contributed by atoms with Crippen LogP contribution in [0.3, 0.4) is 0 Å². The van der Waals surface area contributed by atoms with E-state index in [1.54, 1.807) is 24.8 Å². The van der Waals surface area contributed by atoms with Crippen molar-refractivity contribution in [2.24, 2.45) is 0 Å². The first-order valence-electron chi connectivity index (χ1n) is 7.76. The van der Waals surface area contributed by atoms with Crippen molar-refractivity contribution in [3.05, 3.63) is 42.7 Å². The highest BCUT2D eigenvalue weighted by Crippen LogP contribution is 2.37. The van der Waals surface area contributed by atoms with E-state index in [0.29, 0.717) is 12.4 Å². The Labute approximate surface area is 133 Å². The van der Waals surface area contributed by atoms with E-state index in [9.17, 15) is 4.39 Å². The van der Waals surface area contributed by atoms with Crippen molar-refractivity contribution in [1.29, 1.82) is 0 Å². The SMILES string of the molecule is Fc1cccnc1NC1COC2(CCN(c3ccncn3)C2)C1. The molecule has 2 aliphatic heterocycles. The first kappa shape index (κ1) is 14.3. The Balaban J connectivity index is 1.42. The van der Waals surface area contributed by atoms with Crippen LogP contribution in [0.5, 0.6) is 0 Å². The molecule has 0 aliphatic carbocycles. The largest absolute Gasteiger partial charge is 0.371 e. The number of anilines is 2. The lowest BCUT2D eigenvalue weighted by Gasteiger charge is -2.23. The molecule has 1 spiro atoms. The molecule has 2 aromatic rings. The quantitative estimate of drug-likeness (QED) is 0.933. The van der Waals surface area contributed by atoms with Crippen LogP contribution >= 0.6 is 0 Å². The second-order valence-corrected chi connectivity index (χ2v) is 6.11. The molecule has 2 aromatic heterocycles. The summed E-state index contributed by atoms with van der Waals surface area (Å²) in [5.41, 5.74) is -0.187. The standard InChI is InChI=1S/C16H18FN5O/c17-13-2-1-5-19-15(13)21-12-8-16(23-9-12)4-7-22(10-16)14-3-6-18-11-20-14/h1-3,5-6,11-12H,4,7-10H2,(H,19,21). The van der Waals surface area contributed by atoms with Crippen molar-refractivity contribution in [3.8, 4) is 0 Å². The van der Waals surface area contributed by atoms with Crippen LogP contribution in [0, 0.1) is 5.82 Å². The molecule has 2 aliphatic rings. The number of hydrogen-bond donors (Lipinski definition) is 1. The zero-order chi connectivity index (χ0) is 15.7. The van der Waals surface area contributed by atoms with Crippen molar-refractivity contribution in [3.63, 3.8) is 0 Å². The molecule has 7 heteroatoms. The predicted octanol–water partition coefficient (Wildman–Crippen LogP) is 1.86. The molecule has 4 heterocycles. The Morgan fingerprint density at radius 1 is 1.30 bits per heavy atom. The summed E-state index contributed by atoms with van der Waals surface area (Å²) in [6.45, 7) is 2.27. The topological polar surface area (TPSA) is 63.2 Å². The van der Waals surface area contributed by atoms with Gasteiger partial charge in [0.1, 0.15) is 12.1 Å². The summed E-state index contributed by atoms with van der Waals surface area (Å²) in [5, 5.41) is 3.16. The van der Waals surface area contributed by atoms with Gasteiger partial charge in [0.05, 0.1) is 18.2 Å². The van der Waals surface area contributed by atoms with E-state index in [4.69, 9.17) is 4.74 Å². The summed E-state index contributed by atoms with van der Waals surface area (Å²) in [5.74, 6) is 0.888. The minimum Gasteiger partial charge on any atom is -0.371 e. The summed E-state index contributed by atoms with van der Waals surface area (Å²) in [4.78, 5) is 14.5. The molecule has 2 atom stereocenters. The minimum absolute atomic E-state index is 0.0738. The van der Waals surface area contributed by atoms with Crippen molar-refractivity contribution in [2.75, 3.05) is 29.9 Å². The molecule has 2 saturated heterocycles. The molecule has 6 nitrogen and oxygen atoms in total. The van der Waals surface area contributed by atoms with E-state index in [2.05, 4.69) is 25.2 Å². The molecule has 0 bridgehead atoms. The lowest BCUT2D eigenvalue weighted by molar-refractivity contribution is 0.0228. The maximum Gasteiger partial charge on any atom is 0.165 e. The minimum atomic E-state index is -0.331. The van der Waals surface area contributed by atoms with Gasteiger partial charge >= 0.3 is 0 Å². The zero-order valence-corrected chi connectivity index (χ0v) is 12.7. The molecule has 23 heavy (non-hydrogen) atoms. The van der Waals surface area contributed by atoms with E-state index in [-0.39, 0.29) is 17.5 Å². The number of nitrogens with one attached hydrogen (secondary N) is 1. The summed E-state index contributed by atoms with van der Waals surface area (Å²) in [6, 6.07) is 4.98. The van der Waals surface area contributed by atoms with Crippen LogP contribution in [0.25, 0.3) is 0 Å². The number of rotatable bonds is 3. The normalized spacial score (nSPS) is 26.8. The van der Waals surface area contributed by atoms with Gasteiger partial charge in [-0.25, -0.2) is 19.3 Å². The number of ether oxygens (including phenoxy) is 1. The van der Waals surface area contributed by atoms with Crippen LogP contribution in [0.4, 0.5) is 16.0 Å². The molecule has 0 radical (unpaired) electrons. The van der Waals surface area contributed by atoms with E-state index in [1.165, 1.54) is 6.07 Å². The number of pyridine rings is 1. The van der Waals surface area contributed by atoms with Gasteiger partial charge in [-0.2, -0.15) is 0 Å². The smallest absolute Gasteiger partial charge is 0.165 e. The van der Waals surface area contributed by atoms with Crippen molar-refractivity contribution in [2.45, 2.75) is 24.5 Å². The summed E-state index contributed by atoms with van der Waals surface area (Å²) >= 11 is 0. The monoisotopic (exact) mass is 315 g/mol. The second-order valence-electron chi connectivity index (χ2n) is 6.11. The molecule has 120 valence electrons. The van der Waals surface area contributed by atoms with Gasteiger partial charge < -0.3 is 15.0 Å². The lowest BCUT2D eigenvalue weighted by Crippen LogP contribution is -2.34. The Bertz CT molecular complexity index is 685. The average molecular weight is 315 g/mol. The molecule has 2 unspecified atom stereocenters. The van der Waals surface area contributed by atoms with E-state index in [1.807, 2.05) is 6.07 Å². The van der Waals surface area contributed by atoms with E-state index >= 15 is 0 Å². The first-order chi connectivity index (χ1) is 11.2. The molecular formula is C16H18FN5O. The van der Waals surface area contributed by atoms with Gasteiger partial charge in [-0.1, -0.05) is 0 Å². The fourth-order valence-corrected chi connectivity index (χ4v) is 3.42. The highest BCUT2D eigenvalue weighted by Gasteiger charge is 2.46. The summed E-state index contributed by atoms with van der Waals surface area (Å²) in [7, 11) is 0. The zero-order valence-electron chi connectivity index (χ0n) is 12.7. The third-order valence-electron chi connectivity index (χ3n) is 4.52. The van der Waals surface area contributed by atoms with Crippen LogP contribution in [-0.4, -0.2) is 46.3 Å². The van der Waals surface area contributed by atoms with E-state index in [0.717, 1.165) is 31.7 Å². The van der Waals surface area contributed by atoms with Crippen LogP contribution in [-0.2, 0) is 4.74 Å². The van der Waals surface area contributed by atoms with Crippen molar-refractivity contribution >= 4 is 11.6 Å². The number of aromatic nitrogens is 3. The number of halogens is 1. The molecule has 4 rings (SSSR count). The third kappa shape index (κ3) is 2.84. The maximum atomic E-state index is 13.7. The fourth-order valence-electron chi connectivity index (χ4n) is 3.42. The maximum absolute atomic E-state index is 13.7. The molecule has 0 amide bonds. The Morgan fingerprint density at radius 2 is 2.26 bits per heavy atom. The average Bonchev–Trinajstić information content (AvgIpc) is 3.18. The predicted molar refractivity (Wildman–Crippen MR) is 83.8 cm³/mol. The second kappa shape index (κ2) is 5.73. The molecule has 0 saturated carbocycles. The van der Waals surface area contributed by atoms with Gasteiger partial charge in [0.2, 0.25) is 0 Å². The Morgan fingerprint density at radius 3 is 3.09 bits per heavy atom. The highest BCUT2D eigenvalue weighted by atomic mass is 19.1. The van der Waals surface area contributed by atoms with Gasteiger partial charge in [0.15, 0.2) is 11.6 Å². The Hall–Kier alpha value is -2.28. The molecule has 1 N–H and O–H groups in total. The van der Waals surface area contributed by atoms with Crippen LogP contribution in [0.15, 0.2) is 36.9 Å². The first-order valence-corrected chi connectivity index (χ1v) is 7.76. The number of hydrogen-bond acceptors (Lipinski definition) is 6. The molecular weight excluding hydrogens is 297 g/mol. The van der Waals surface area contributed by atoms with Gasteiger partial charge in [-0.15, -0.1) is 0 Å². The van der Waals surface area contributed by atoms with Gasteiger partial charge in [-0.3, -0.25) is 0 Å². The van der Waals surface area contributed by atoms with Gasteiger partial charge in [0.25, 0.3) is 0 Å². The van der Waals surface area contributed by atoms with Gasteiger partial charge in [0, 0.05) is 31.9 Å². The van der Waals surface area contributed by atoms with Crippen LogP contribution < -0.4 is 10.2 Å². The third-order valence-corrected chi connectivity index (χ3v) is 4.52. The molecule has 0 aromatic carbocycles. The summed E-state index contributed by atoms with van der Waals surface area (Å²) in [6.07, 6.45) is 6.68. The fraction of sp³-hybridized carbons (Fsp3) is 0.438. The van der Waals surface area contributed by atoms with Crippen molar-refractivity contribution < 1.29 is 9.13 Å². The summed E-state index contributed by atoms with van der Waals surface area (Å²) < 4.78 is 19.8. The van der Waals surface area contributed by atoms with E-state index < -0.39 is 0 Å². The number of nitrogens with zero attached hydrogens (tertiary/aromatic N) is 4. The van der Waals surface area contributed by atoms with Crippen LogP contribution in [0.2, 0.25) is 0 Å². The Kier molecular flexibility index (Phi) is 3.57. The molecule has 2 fully saturated rings. The van der Waals surface area contributed by atoms with Crippen LogP contribution in [0.1, 0.15) is 12.8 Å².